The fraction of sp³-hybridized carbons (Fsp3) is 0.214. The standard InChI is InChI=1S/C28H28N4O8/c1-29-12-13-40-18-10-11-21-19(15-18)26(36)32(28(39)31(21)2)17-8-6-16(7-9-17)14-20(27(37)38)30-25(35)24-22(33)4-3-5-23(24)34/h3-11,15,20,29,33-34H,12-14H2,1-2H3,(H,30,35)(H,37,38). The molecule has 0 saturated carbocycles. The highest BCUT2D eigenvalue weighted by molar-refractivity contribution is 6.01. The highest BCUT2D eigenvalue weighted by Gasteiger charge is 2.24. The van der Waals surface area contributed by atoms with E-state index in [1.165, 1.54) is 34.9 Å². The number of phenolic OH excluding ortho intramolecular Hbond substituents is 2. The van der Waals surface area contributed by atoms with Gasteiger partial charge in [0.15, 0.2) is 0 Å². The largest absolute Gasteiger partial charge is 0.507 e. The predicted molar refractivity (Wildman–Crippen MR) is 147 cm³/mol. The van der Waals surface area contributed by atoms with Crippen molar-refractivity contribution in [3.8, 4) is 22.9 Å². The number of rotatable bonds is 10. The maximum atomic E-state index is 13.4. The first-order valence-electron chi connectivity index (χ1n) is 12.3. The van der Waals surface area contributed by atoms with Crippen LogP contribution in [-0.4, -0.2) is 62.6 Å². The minimum Gasteiger partial charge on any atom is -0.507 e. The molecule has 5 N–H and O–H groups in total. The Morgan fingerprint density at radius 3 is 2.30 bits per heavy atom. The lowest BCUT2D eigenvalue weighted by atomic mass is 10.0. The molecule has 1 aromatic heterocycles. The van der Waals surface area contributed by atoms with Crippen LogP contribution < -0.4 is 26.6 Å². The van der Waals surface area contributed by atoms with Crippen LogP contribution in [0, 0.1) is 0 Å². The average Bonchev–Trinajstić information content (AvgIpc) is 2.92. The third-order valence-corrected chi connectivity index (χ3v) is 6.35. The van der Waals surface area contributed by atoms with Gasteiger partial charge in [-0.15, -0.1) is 0 Å². The van der Waals surface area contributed by atoms with Crippen LogP contribution in [0.2, 0.25) is 0 Å². The number of carbonyl (C=O) groups is 2. The number of ether oxygens (including phenoxy) is 1. The van der Waals surface area contributed by atoms with Crippen molar-refractivity contribution in [1.29, 1.82) is 0 Å². The summed E-state index contributed by atoms with van der Waals surface area (Å²) in [5.41, 5.74) is -0.336. The lowest BCUT2D eigenvalue weighted by Crippen LogP contribution is -2.42. The molecular formula is C28H28N4O8. The van der Waals surface area contributed by atoms with Crippen LogP contribution in [-0.2, 0) is 18.3 Å². The van der Waals surface area contributed by atoms with Crippen molar-refractivity contribution in [3.63, 3.8) is 0 Å². The normalized spacial score (nSPS) is 11.8. The number of amides is 1. The third kappa shape index (κ3) is 5.66. The SMILES string of the molecule is CNCCOc1ccc2c(c1)c(=O)n(-c1ccc(CC(NC(=O)c3c(O)cccc3O)C(=O)O)cc1)c(=O)n2C. The summed E-state index contributed by atoms with van der Waals surface area (Å²) in [4.78, 5) is 50.9. The van der Waals surface area contributed by atoms with E-state index in [2.05, 4.69) is 10.6 Å². The molecule has 0 saturated heterocycles. The first kappa shape index (κ1) is 27.9. The van der Waals surface area contributed by atoms with Crippen molar-refractivity contribution >= 4 is 22.8 Å². The van der Waals surface area contributed by atoms with Gasteiger partial charge in [-0.2, -0.15) is 0 Å². The summed E-state index contributed by atoms with van der Waals surface area (Å²) >= 11 is 0. The number of carbonyl (C=O) groups excluding carboxylic acids is 1. The van der Waals surface area contributed by atoms with Gasteiger partial charge in [-0.25, -0.2) is 14.2 Å². The monoisotopic (exact) mass is 548 g/mol. The number of hydrogen-bond acceptors (Lipinski definition) is 8. The van der Waals surface area contributed by atoms with E-state index in [4.69, 9.17) is 4.74 Å². The summed E-state index contributed by atoms with van der Waals surface area (Å²) in [7, 11) is 3.35. The van der Waals surface area contributed by atoms with Crippen LogP contribution in [0.15, 0.2) is 70.3 Å². The molecule has 4 rings (SSSR count). The van der Waals surface area contributed by atoms with Gasteiger partial charge in [0.1, 0.15) is 35.5 Å². The van der Waals surface area contributed by atoms with Crippen molar-refractivity contribution in [2.75, 3.05) is 20.2 Å². The third-order valence-electron chi connectivity index (χ3n) is 6.35. The number of fused-ring (bicyclic) bond motifs is 1. The second-order valence-corrected chi connectivity index (χ2v) is 9.02. The summed E-state index contributed by atoms with van der Waals surface area (Å²) in [6.45, 7) is 1.01. The van der Waals surface area contributed by atoms with Crippen molar-refractivity contribution in [2.45, 2.75) is 12.5 Å². The smallest absolute Gasteiger partial charge is 0.335 e. The lowest BCUT2D eigenvalue weighted by Gasteiger charge is -2.16. The molecule has 1 unspecified atom stereocenters. The number of aliphatic carboxylic acids is 1. The number of aromatic nitrogens is 2. The molecule has 208 valence electrons. The van der Waals surface area contributed by atoms with Gasteiger partial charge < -0.3 is 30.7 Å². The number of nitrogens with zero attached hydrogens (tertiary/aromatic N) is 2. The summed E-state index contributed by atoms with van der Waals surface area (Å²) < 4.78 is 8.03. The average molecular weight is 549 g/mol. The Kier molecular flexibility index (Phi) is 8.20. The van der Waals surface area contributed by atoms with Crippen LogP contribution in [0.3, 0.4) is 0 Å². The maximum Gasteiger partial charge on any atom is 0.335 e. The zero-order chi connectivity index (χ0) is 29.0. The topological polar surface area (TPSA) is 172 Å². The van der Waals surface area contributed by atoms with Crippen LogP contribution in [0.25, 0.3) is 16.6 Å². The number of phenols is 2. The number of nitrogens with one attached hydrogen (secondary N) is 2. The zero-order valence-electron chi connectivity index (χ0n) is 21.7. The molecule has 0 fully saturated rings. The lowest BCUT2D eigenvalue weighted by molar-refractivity contribution is -0.139. The van der Waals surface area contributed by atoms with E-state index in [9.17, 15) is 34.5 Å². The molecule has 0 radical (unpaired) electrons. The molecule has 0 aliphatic rings. The van der Waals surface area contributed by atoms with Gasteiger partial charge in [0.25, 0.3) is 11.5 Å². The van der Waals surface area contributed by atoms with E-state index >= 15 is 0 Å². The van der Waals surface area contributed by atoms with E-state index in [-0.39, 0.29) is 17.5 Å². The van der Waals surface area contributed by atoms with E-state index in [1.807, 2.05) is 0 Å². The van der Waals surface area contributed by atoms with Crippen LogP contribution >= 0.6 is 0 Å². The zero-order valence-corrected chi connectivity index (χ0v) is 21.7. The molecule has 0 aliphatic carbocycles. The molecule has 12 nitrogen and oxygen atoms in total. The van der Waals surface area contributed by atoms with E-state index < -0.39 is 46.2 Å². The fourth-order valence-electron chi connectivity index (χ4n) is 4.24. The highest BCUT2D eigenvalue weighted by atomic mass is 16.5. The molecule has 40 heavy (non-hydrogen) atoms. The van der Waals surface area contributed by atoms with E-state index in [1.54, 1.807) is 44.4 Å². The Morgan fingerprint density at radius 2 is 1.68 bits per heavy atom. The number of hydrogen-bond donors (Lipinski definition) is 5. The number of benzene rings is 3. The number of likely N-dealkylation sites (N-methyl/N-ethyl adjacent to an activating group) is 1. The summed E-state index contributed by atoms with van der Waals surface area (Å²) in [6, 6.07) is 13.4. The molecule has 0 bridgehead atoms. The number of carboxylic acid groups (broad SMARTS) is 1. The Hall–Kier alpha value is -5.10. The minimum atomic E-state index is -1.39. The van der Waals surface area contributed by atoms with Crippen molar-refractivity contribution in [3.05, 3.63) is 92.6 Å². The van der Waals surface area contributed by atoms with Gasteiger partial charge >= 0.3 is 11.7 Å². The maximum absolute atomic E-state index is 13.4. The van der Waals surface area contributed by atoms with Gasteiger partial charge in [-0.3, -0.25) is 14.2 Å². The van der Waals surface area contributed by atoms with Crippen molar-refractivity contribution in [2.24, 2.45) is 7.05 Å². The minimum absolute atomic E-state index is 0.145. The van der Waals surface area contributed by atoms with Crippen molar-refractivity contribution < 1.29 is 29.6 Å². The molecular weight excluding hydrogens is 520 g/mol. The first-order chi connectivity index (χ1) is 19.1. The number of aryl methyl sites for hydroxylation is 1. The second-order valence-electron chi connectivity index (χ2n) is 9.02. The summed E-state index contributed by atoms with van der Waals surface area (Å²) in [5.74, 6) is -2.80. The van der Waals surface area contributed by atoms with Crippen LogP contribution in [0.4, 0.5) is 0 Å². The Bertz CT molecular complexity index is 1670. The van der Waals surface area contributed by atoms with Gasteiger partial charge in [-0.1, -0.05) is 18.2 Å². The quantitative estimate of drug-likeness (QED) is 0.182. The molecule has 0 aliphatic heterocycles. The Labute approximate surface area is 227 Å². The number of aromatic hydroxyl groups is 2. The highest BCUT2D eigenvalue weighted by Crippen LogP contribution is 2.26. The van der Waals surface area contributed by atoms with Gasteiger partial charge in [0.05, 0.1) is 16.6 Å². The molecule has 3 aromatic carbocycles. The molecule has 0 spiro atoms. The summed E-state index contributed by atoms with van der Waals surface area (Å²) in [6.07, 6.45) is -0.145. The molecule has 1 atom stereocenters. The van der Waals surface area contributed by atoms with Crippen molar-refractivity contribution in [1.82, 2.24) is 19.8 Å². The predicted octanol–water partition coefficient (Wildman–Crippen LogP) is 1.12. The van der Waals surface area contributed by atoms with Gasteiger partial charge in [0.2, 0.25) is 0 Å². The Morgan fingerprint density at radius 1 is 1.00 bits per heavy atom. The number of carboxylic acids is 1. The first-order valence-corrected chi connectivity index (χ1v) is 12.3. The van der Waals surface area contributed by atoms with Gasteiger partial charge in [0, 0.05) is 20.0 Å². The van der Waals surface area contributed by atoms with E-state index in [0.717, 1.165) is 4.57 Å². The summed E-state index contributed by atoms with van der Waals surface area (Å²) in [5, 5.41) is 35.0. The van der Waals surface area contributed by atoms with Gasteiger partial charge in [-0.05, 0) is 55.1 Å². The molecule has 1 amide bonds. The molecule has 4 aromatic rings. The Balaban J connectivity index is 1.61. The second kappa shape index (κ2) is 11.7. The molecule has 12 heteroatoms. The molecule has 1 heterocycles. The van der Waals surface area contributed by atoms with Crippen LogP contribution in [0.5, 0.6) is 17.2 Å². The van der Waals surface area contributed by atoms with Crippen LogP contribution in [0.1, 0.15) is 15.9 Å². The van der Waals surface area contributed by atoms with E-state index in [0.29, 0.717) is 30.0 Å². The fourth-order valence-corrected chi connectivity index (χ4v) is 4.24.